The van der Waals surface area contributed by atoms with Crippen molar-refractivity contribution in [2.45, 2.75) is 32.4 Å². The third-order valence-electron chi connectivity index (χ3n) is 3.94. The second-order valence-corrected chi connectivity index (χ2v) is 6.06. The molecule has 2 atom stereocenters. The van der Waals surface area contributed by atoms with Crippen molar-refractivity contribution in [3.63, 3.8) is 0 Å². The number of carbonyl (C=O) groups is 3. The first-order valence-corrected chi connectivity index (χ1v) is 8.88. The maximum absolute atomic E-state index is 12.7. The number of carbonyl (C=O) groups excluding carboxylic acids is 3. The Morgan fingerprint density at radius 3 is 2.11 bits per heavy atom. The van der Waals surface area contributed by atoms with E-state index in [1.807, 2.05) is 36.4 Å². The highest BCUT2D eigenvalue weighted by Crippen LogP contribution is 2.06. The summed E-state index contributed by atoms with van der Waals surface area (Å²) in [5.41, 5.74) is 1.36. The average Bonchev–Trinajstić information content (AvgIpc) is 2.69. The van der Waals surface area contributed by atoms with Gasteiger partial charge < -0.3 is 15.4 Å². The second kappa shape index (κ2) is 10.1. The molecule has 0 aliphatic carbocycles. The van der Waals surface area contributed by atoms with Crippen LogP contribution in [0.15, 0.2) is 60.7 Å². The van der Waals surface area contributed by atoms with Crippen LogP contribution in [0.5, 0.6) is 0 Å². The Hall–Kier alpha value is -3.15. The molecular weight excluding hydrogens is 344 g/mol. The van der Waals surface area contributed by atoms with E-state index in [9.17, 15) is 14.4 Å². The van der Waals surface area contributed by atoms with Gasteiger partial charge in [-0.15, -0.1) is 0 Å². The van der Waals surface area contributed by atoms with Gasteiger partial charge in [0.05, 0.1) is 6.61 Å². The summed E-state index contributed by atoms with van der Waals surface area (Å²) in [5, 5.41) is 5.37. The molecule has 2 aromatic carbocycles. The zero-order chi connectivity index (χ0) is 19.6. The lowest BCUT2D eigenvalue weighted by Gasteiger charge is -2.21. The van der Waals surface area contributed by atoms with Gasteiger partial charge in [-0.3, -0.25) is 9.59 Å². The van der Waals surface area contributed by atoms with Crippen LogP contribution in [-0.4, -0.2) is 36.5 Å². The van der Waals surface area contributed by atoms with Crippen LogP contribution in [0.3, 0.4) is 0 Å². The fourth-order valence-corrected chi connectivity index (χ4v) is 2.53. The van der Waals surface area contributed by atoms with Crippen molar-refractivity contribution >= 4 is 17.8 Å². The van der Waals surface area contributed by atoms with Gasteiger partial charge in [0.25, 0.3) is 5.91 Å². The molecule has 0 fully saturated rings. The Morgan fingerprint density at radius 1 is 0.926 bits per heavy atom. The summed E-state index contributed by atoms with van der Waals surface area (Å²) in [7, 11) is 0. The number of benzene rings is 2. The van der Waals surface area contributed by atoms with Gasteiger partial charge in [0.15, 0.2) is 0 Å². The van der Waals surface area contributed by atoms with Gasteiger partial charge in [-0.25, -0.2) is 4.79 Å². The zero-order valence-electron chi connectivity index (χ0n) is 15.5. The molecule has 0 aromatic heterocycles. The van der Waals surface area contributed by atoms with E-state index in [-0.39, 0.29) is 12.5 Å². The van der Waals surface area contributed by atoms with Crippen molar-refractivity contribution in [3.8, 4) is 0 Å². The highest BCUT2D eigenvalue weighted by Gasteiger charge is 2.25. The molecule has 0 unspecified atom stereocenters. The Bertz CT molecular complexity index is 762. The minimum atomic E-state index is -0.822. The predicted molar refractivity (Wildman–Crippen MR) is 102 cm³/mol. The van der Waals surface area contributed by atoms with E-state index in [1.54, 1.807) is 38.1 Å². The number of ether oxygens (including phenoxy) is 1. The minimum Gasteiger partial charge on any atom is -0.464 e. The molecule has 6 heteroatoms. The first-order chi connectivity index (χ1) is 13.0. The zero-order valence-corrected chi connectivity index (χ0v) is 15.5. The number of rotatable bonds is 8. The van der Waals surface area contributed by atoms with Crippen molar-refractivity contribution < 1.29 is 19.1 Å². The largest absolute Gasteiger partial charge is 0.464 e. The molecule has 0 aliphatic heterocycles. The molecule has 0 bridgehead atoms. The quantitative estimate of drug-likeness (QED) is 0.699. The summed E-state index contributed by atoms with van der Waals surface area (Å²) >= 11 is 0. The number of amides is 2. The van der Waals surface area contributed by atoms with E-state index in [2.05, 4.69) is 10.6 Å². The molecule has 0 saturated heterocycles. The van der Waals surface area contributed by atoms with Gasteiger partial charge in [0.2, 0.25) is 5.91 Å². The topological polar surface area (TPSA) is 84.5 Å². The molecule has 2 N–H and O–H groups in total. The molecule has 142 valence electrons. The molecule has 0 radical (unpaired) electrons. The maximum atomic E-state index is 12.7. The predicted octanol–water partition coefficient (Wildman–Crippen LogP) is 2.10. The van der Waals surface area contributed by atoms with Gasteiger partial charge in [0.1, 0.15) is 12.1 Å². The highest BCUT2D eigenvalue weighted by molar-refractivity contribution is 5.98. The first-order valence-electron chi connectivity index (χ1n) is 8.88. The molecule has 0 saturated carbocycles. The van der Waals surface area contributed by atoms with Crippen LogP contribution in [-0.2, 0) is 20.7 Å². The second-order valence-electron chi connectivity index (χ2n) is 6.06. The standard InChI is InChI=1S/C21H24N2O4/c1-3-27-21(26)15(2)22-20(25)18(14-16-10-6-4-7-11-16)23-19(24)17-12-8-5-9-13-17/h4-13,15,18H,3,14H2,1-2H3,(H,22,25)(H,23,24)/t15-,18-/m0/s1. The van der Waals surface area contributed by atoms with E-state index in [0.29, 0.717) is 12.0 Å². The van der Waals surface area contributed by atoms with E-state index in [0.717, 1.165) is 5.56 Å². The number of esters is 1. The summed E-state index contributed by atoms with van der Waals surface area (Å²) in [5.74, 6) is -1.31. The van der Waals surface area contributed by atoms with E-state index >= 15 is 0 Å². The summed E-state index contributed by atoms with van der Waals surface area (Å²) in [6.07, 6.45) is 0.306. The van der Waals surface area contributed by atoms with Crippen LogP contribution in [0.2, 0.25) is 0 Å². The fourth-order valence-electron chi connectivity index (χ4n) is 2.53. The summed E-state index contributed by atoms with van der Waals surface area (Å²) in [6, 6.07) is 16.4. The third-order valence-corrected chi connectivity index (χ3v) is 3.94. The average molecular weight is 368 g/mol. The van der Waals surface area contributed by atoms with Gasteiger partial charge >= 0.3 is 5.97 Å². The molecule has 2 rings (SSSR count). The lowest BCUT2D eigenvalue weighted by molar-refractivity contribution is -0.147. The molecule has 0 aliphatic rings. The Morgan fingerprint density at radius 2 is 1.52 bits per heavy atom. The molecule has 0 spiro atoms. The first kappa shape index (κ1) is 20.2. The smallest absolute Gasteiger partial charge is 0.328 e. The van der Waals surface area contributed by atoms with Gasteiger partial charge in [-0.05, 0) is 31.5 Å². The van der Waals surface area contributed by atoms with Crippen LogP contribution in [0.1, 0.15) is 29.8 Å². The van der Waals surface area contributed by atoms with Crippen LogP contribution in [0, 0.1) is 0 Å². The molecule has 6 nitrogen and oxygen atoms in total. The molecule has 2 amide bonds. The minimum absolute atomic E-state index is 0.233. The van der Waals surface area contributed by atoms with Crippen LogP contribution < -0.4 is 10.6 Å². The van der Waals surface area contributed by atoms with Crippen molar-refractivity contribution in [3.05, 3.63) is 71.8 Å². The van der Waals surface area contributed by atoms with E-state index in [1.165, 1.54) is 0 Å². The fraction of sp³-hybridized carbons (Fsp3) is 0.286. The SMILES string of the molecule is CCOC(=O)[C@H](C)NC(=O)[C@H](Cc1ccccc1)NC(=O)c1ccccc1. The Labute approximate surface area is 158 Å². The van der Waals surface area contributed by atoms with Crippen LogP contribution in [0.4, 0.5) is 0 Å². The van der Waals surface area contributed by atoms with Crippen molar-refractivity contribution in [2.75, 3.05) is 6.61 Å². The Kier molecular flexibility index (Phi) is 7.55. The lowest BCUT2D eigenvalue weighted by atomic mass is 10.0. The maximum Gasteiger partial charge on any atom is 0.328 e. The van der Waals surface area contributed by atoms with Crippen LogP contribution >= 0.6 is 0 Å². The van der Waals surface area contributed by atoms with Gasteiger partial charge in [0, 0.05) is 12.0 Å². The van der Waals surface area contributed by atoms with Gasteiger partial charge in [-0.2, -0.15) is 0 Å². The summed E-state index contributed by atoms with van der Waals surface area (Å²) < 4.78 is 4.91. The molecule has 27 heavy (non-hydrogen) atoms. The normalized spacial score (nSPS) is 12.5. The number of hydrogen-bond acceptors (Lipinski definition) is 4. The van der Waals surface area contributed by atoms with Crippen LogP contribution in [0.25, 0.3) is 0 Å². The van der Waals surface area contributed by atoms with Gasteiger partial charge in [-0.1, -0.05) is 48.5 Å². The number of hydrogen-bond donors (Lipinski definition) is 2. The summed E-state index contributed by atoms with van der Waals surface area (Å²) in [6.45, 7) is 3.48. The van der Waals surface area contributed by atoms with Crippen molar-refractivity contribution in [1.82, 2.24) is 10.6 Å². The lowest BCUT2D eigenvalue weighted by Crippen LogP contribution is -2.52. The molecule has 0 heterocycles. The highest BCUT2D eigenvalue weighted by atomic mass is 16.5. The van der Waals surface area contributed by atoms with Crippen molar-refractivity contribution in [2.24, 2.45) is 0 Å². The number of nitrogens with one attached hydrogen (secondary N) is 2. The van der Waals surface area contributed by atoms with E-state index in [4.69, 9.17) is 4.74 Å². The van der Waals surface area contributed by atoms with Crippen molar-refractivity contribution in [1.29, 1.82) is 0 Å². The molecule has 2 aromatic rings. The molecular formula is C21H24N2O4. The van der Waals surface area contributed by atoms with E-state index < -0.39 is 24.0 Å². The Balaban J connectivity index is 2.12. The third kappa shape index (κ3) is 6.26. The monoisotopic (exact) mass is 368 g/mol. The summed E-state index contributed by atoms with van der Waals surface area (Å²) in [4.78, 5) is 37.0.